The van der Waals surface area contributed by atoms with Gasteiger partial charge in [0, 0.05) is 12.5 Å². The summed E-state index contributed by atoms with van der Waals surface area (Å²) in [4.78, 5) is 11.9. The third kappa shape index (κ3) is 1.54. The Labute approximate surface area is 102 Å². The van der Waals surface area contributed by atoms with Crippen LogP contribution in [0.1, 0.15) is 26.2 Å². The lowest BCUT2D eigenvalue weighted by molar-refractivity contribution is -0.122. The quantitative estimate of drug-likeness (QED) is 0.647. The van der Waals surface area contributed by atoms with Gasteiger partial charge in [0.2, 0.25) is 0 Å². The summed E-state index contributed by atoms with van der Waals surface area (Å²) < 4.78 is 5.91. The van der Waals surface area contributed by atoms with Gasteiger partial charge >= 0.3 is 0 Å². The van der Waals surface area contributed by atoms with Crippen molar-refractivity contribution in [1.29, 1.82) is 0 Å². The van der Waals surface area contributed by atoms with Crippen molar-refractivity contribution >= 4 is 5.78 Å². The van der Waals surface area contributed by atoms with Crippen molar-refractivity contribution in [1.82, 2.24) is 0 Å². The minimum atomic E-state index is -0.392. The summed E-state index contributed by atoms with van der Waals surface area (Å²) in [6.45, 7) is 2.48. The van der Waals surface area contributed by atoms with Gasteiger partial charge in [-0.25, -0.2) is 0 Å². The molecule has 0 amide bonds. The van der Waals surface area contributed by atoms with Gasteiger partial charge in [-0.15, -0.1) is 0 Å². The summed E-state index contributed by atoms with van der Waals surface area (Å²) in [7, 11) is 0. The van der Waals surface area contributed by atoms with E-state index in [1.807, 2.05) is 0 Å². The first kappa shape index (κ1) is 11.0. The number of carbonyl (C=O) groups is 1. The molecule has 2 bridgehead atoms. The van der Waals surface area contributed by atoms with Crippen LogP contribution in [0.2, 0.25) is 0 Å². The van der Waals surface area contributed by atoms with Gasteiger partial charge in [-0.2, -0.15) is 0 Å². The first-order valence-electron chi connectivity index (χ1n) is 6.39. The Bertz CT molecular complexity index is 414. The van der Waals surface area contributed by atoms with E-state index in [-0.39, 0.29) is 11.4 Å². The Morgan fingerprint density at radius 2 is 2.06 bits per heavy atom. The largest absolute Gasteiger partial charge is 0.366 e. The van der Waals surface area contributed by atoms with Gasteiger partial charge in [-0.1, -0.05) is 36.5 Å². The smallest absolute Gasteiger partial charge is 0.143 e. The molecule has 2 heteroatoms. The summed E-state index contributed by atoms with van der Waals surface area (Å²) in [5.41, 5.74) is -0.670. The second-order valence-corrected chi connectivity index (χ2v) is 5.33. The van der Waals surface area contributed by atoms with Crippen LogP contribution in [-0.4, -0.2) is 18.0 Å². The second kappa shape index (κ2) is 3.67. The van der Waals surface area contributed by atoms with Gasteiger partial charge in [-0.3, -0.25) is 4.79 Å². The molecule has 3 aliphatic carbocycles. The lowest BCUT2D eigenvalue weighted by Crippen LogP contribution is -2.36. The predicted molar refractivity (Wildman–Crippen MR) is 66.6 cm³/mol. The number of fused-ring (bicyclic) bond motifs is 2. The van der Waals surface area contributed by atoms with Gasteiger partial charge < -0.3 is 4.74 Å². The highest BCUT2D eigenvalue weighted by Crippen LogP contribution is 2.44. The normalized spacial score (nSPS) is 44.9. The number of ether oxygens (including phenoxy) is 1. The molecule has 17 heavy (non-hydrogen) atoms. The first-order valence-corrected chi connectivity index (χ1v) is 6.39. The topological polar surface area (TPSA) is 26.3 Å². The number of carbonyl (C=O) groups excluding carboxylic acids is 1. The molecule has 90 valence electrons. The van der Waals surface area contributed by atoms with Crippen molar-refractivity contribution in [2.24, 2.45) is 11.3 Å². The second-order valence-electron chi connectivity index (χ2n) is 5.33. The lowest BCUT2D eigenvalue weighted by atomic mass is 9.73. The molecular weight excluding hydrogens is 212 g/mol. The number of allylic oxidation sites excluding steroid dienone is 3. The Morgan fingerprint density at radius 1 is 1.29 bits per heavy atom. The molecule has 2 nitrogen and oxygen atoms in total. The molecule has 0 aromatic rings. The van der Waals surface area contributed by atoms with Crippen LogP contribution in [0.3, 0.4) is 0 Å². The number of rotatable bonds is 1. The van der Waals surface area contributed by atoms with E-state index in [9.17, 15) is 4.79 Å². The van der Waals surface area contributed by atoms with Crippen LogP contribution in [0, 0.1) is 11.3 Å². The molecule has 1 atom stereocenters. The van der Waals surface area contributed by atoms with E-state index in [1.54, 1.807) is 6.92 Å². The van der Waals surface area contributed by atoms with E-state index in [0.29, 0.717) is 5.92 Å². The highest BCUT2D eigenvalue weighted by molar-refractivity contribution is 5.87. The fourth-order valence-corrected chi connectivity index (χ4v) is 3.11. The number of hydrogen-bond acceptors (Lipinski definition) is 2. The van der Waals surface area contributed by atoms with Crippen molar-refractivity contribution in [3.05, 3.63) is 36.5 Å². The molecular formula is C15H18O2. The fraction of sp³-hybridized carbons (Fsp3) is 0.533. The average molecular weight is 230 g/mol. The number of hydrogen-bond donors (Lipinski definition) is 0. The molecule has 1 heterocycles. The van der Waals surface area contributed by atoms with Crippen LogP contribution in [0.5, 0.6) is 0 Å². The van der Waals surface area contributed by atoms with Crippen LogP contribution in [-0.2, 0) is 9.53 Å². The summed E-state index contributed by atoms with van der Waals surface area (Å²) in [5, 5.41) is 0. The third-order valence-electron chi connectivity index (χ3n) is 4.39. The summed E-state index contributed by atoms with van der Waals surface area (Å²) in [6, 6.07) is 0. The Balaban J connectivity index is 2.06. The maximum absolute atomic E-state index is 11.9. The number of Topliss-reactive ketones (excluding diaryl/α,β-unsaturated/α-hetero) is 1. The number of ketones is 1. The Hall–Kier alpha value is -1.15. The average Bonchev–Trinajstić information content (AvgIpc) is 2.73. The molecule has 0 N–H and O–H groups in total. The zero-order valence-electron chi connectivity index (χ0n) is 10.2. The van der Waals surface area contributed by atoms with E-state index in [0.717, 1.165) is 25.9 Å². The zero-order chi connectivity index (χ0) is 11.9. The molecule has 0 aromatic heterocycles. The summed E-state index contributed by atoms with van der Waals surface area (Å²) in [5.74, 6) is 0.655. The molecule has 4 aliphatic rings. The maximum atomic E-state index is 11.9. The summed E-state index contributed by atoms with van der Waals surface area (Å²) >= 11 is 0. The third-order valence-corrected chi connectivity index (χ3v) is 4.39. The molecule has 0 saturated carbocycles. The zero-order valence-corrected chi connectivity index (χ0v) is 10.2. The van der Waals surface area contributed by atoms with E-state index >= 15 is 0 Å². The molecule has 1 aliphatic heterocycles. The van der Waals surface area contributed by atoms with E-state index in [4.69, 9.17) is 4.74 Å². The van der Waals surface area contributed by atoms with Crippen molar-refractivity contribution in [2.45, 2.75) is 31.8 Å². The van der Waals surface area contributed by atoms with Crippen LogP contribution >= 0.6 is 0 Å². The van der Waals surface area contributed by atoms with Crippen LogP contribution < -0.4 is 0 Å². The van der Waals surface area contributed by atoms with Crippen molar-refractivity contribution in [3.8, 4) is 0 Å². The minimum Gasteiger partial charge on any atom is -0.366 e. The van der Waals surface area contributed by atoms with Crippen LogP contribution in [0.15, 0.2) is 36.5 Å². The van der Waals surface area contributed by atoms with Crippen LogP contribution in [0.25, 0.3) is 0 Å². The van der Waals surface area contributed by atoms with Crippen molar-refractivity contribution in [3.63, 3.8) is 0 Å². The van der Waals surface area contributed by atoms with Gasteiger partial charge in [0.25, 0.3) is 0 Å². The molecule has 1 fully saturated rings. The summed E-state index contributed by atoms with van der Waals surface area (Å²) in [6.07, 6.45) is 15.7. The van der Waals surface area contributed by atoms with Gasteiger partial charge in [-0.05, 0) is 26.2 Å². The van der Waals surface area contributed by atoms with Gasteiger partial charge in [0.1, 0.15) is 11.4 Å². The minimum absolute atomic E-state index is 0.227. The van der Waals surface area contributed by atoms with Crippen molar-refractivity contribution in [2.75, 3.05) is 6.61 Å². The van der Waals surface area contributed by atoms with E-state index in [2.05, 4.69) is 36.5 Å². The lowest BCUT2D eigenvalue weighted by Gasteiger charge is -2.34. The van der Waals surface area contributed by atoms with E-state index in [1.165, 1.54) is 0 Å². The monoisotopic (exact) mass is 230 g/mol. The SMILES string of the molecule is CC(=O)C12C=CC3(C=C1)OCCC3/C=C\CC2. The fourth-order valence-electron chi connectivity index (χ4n) is 3.11. The Kier molecular flexibility index (Phi) is 2.37. The molecule has 1 saturated heterocycles. The molecule has 1 unspecified atom stereocenters. The first-order chi connectivity index (χ1) is 8.17. The van der Waals surface area contributed by atoms with Gasteiger partial charge in [0.05, 0.1) is 5.41 Å². The predicted octanol–water partition coefficient (Wildman–Crippen LogP) is 2.81. The molecule has 4 rings (SSSR count). The highest BCUT2D eigenvalue weighted by atomic mass is 16.5. The molecule has 1 spiro atoms. The van der Waals surface area contributed by atoms with E-state index < -0.39 is 5.41 Å². The molecule has 0 aromatic carbocycles. The van der Waals surface area contributed by atoms with Gasteiger partial charge in [0.15, 0.2) is 0 Å². The standard InChI is InChI=1S/C15H18O2/c1-12(16)14-6-3-2-4-13-5-11-17-15(13,9-7-14)10-8-14/h2,4,7-10,13H,3,5-6,11H2,1H3/b4-2-. The maximum Gasteiger partial charge on any atom is 0.143 e. The van der Waals surface area contributed by atoms with Crippen molar-refractivity contribution < 1.29 is 9.53 Å². The van der Waals surface area contributed by atoms with Crippen LogP contribution in [0.4, 0.5) is 0 Å². The molecule has 0 radical (unpaired) electrons. The Morgan fingerprint density at radius 3 is 2.76 bits per heavy atom. The highest BCUT2D eigenvalue weighted by Gasteiger charge is 2.44.